The SMILES string of the molecule is COc1ccc(C2=C(c3ccc(OC)cc3)[C@@]3(c4ccccc4)C(=O)[C@@]2(c2ccccc2)[C@@H]2C(=O)OC(=O)[C@H]23)cc1. The summed E-state index contributed by atoms with van der Waals surface area (Å²) in [6, 6.07) is 33.6. The Morgan fingerprint density at radius 2 is 0.902 bits per heavy atom. The van der Waals surface area contributed by atoms with Crippen LogP contribution in [-0.2, 0) is 30.0 Å². The van der Waals surface area contributed by atoms with Gasteiger partial charge in [-0.3, -0.25) is 14.4 Å². The van der Waals surface area contributed by atoms with Crippen LogP contribution in [0.2, 0.25) is 0 Å². The molecule has 41 heavy (non-hydrogen) atoms. The number of allylic oxidation sites excluding steroid dienone is 2. The summed E-state index contributed by atoms with van der Waals surface area (Å²) in [4.78, 5) is 42.9. The summed E-state index contributed by atoms with van der Waals surface area (Å²) >= 11 is 0. The van der Waals surface area contributed by atoms with E-state index >= 15 is 4.79 Å². The molecule has 202 valence electrons. The smallest absolute Gasteiger partial charge is 0.319 e. The molecule has 0 radical (unpaired) electrons. The van der Waals surface area contributed by atoms with Crippen molar-refractivity contribution in [3.05, 3.63) is 131 Å². The standard InChI is InChI=1S/C35H26O6/c1-39-25-17-13-21(14-18-25)27-28(22-15-19-26(40-2)20-16-22)35(24-11-7-4-8-12-24)30-29(31(36)41-32(30)37)34(27,33(35)38)23-9-5-3-6-10-23/h3-20,29-30H,1-2H3/t29-,30-,34+,35+/m0/s1. The summed E-state index contributed by atoms with van der Waals surface area (Å²) in [7, 11) is 3.19. The maximum atomic E-state index is 15.5. The van der Waals surface area contributed by atoms with E-state index in [0.717, 1.165) is 11.1 Å². The third-order valence-electron chi connectivity index (χ3n) is 8.95. The Hall–Kier alpha value is -4.97. The summed E-state index contributed by atoms with van der Waals surface area (Å²) < 4.78 is 16.3. The van der Waals surface area contributed by atoms with Gasteiger partial charge in [0.2, 0.25) is 0 Å². The van der Waals surface area contributed by atoms with Crippen LogP contribution < -0.4 is 9.47 Å². The van der Waals surface area contributed by atoms with E-state index in [1.165, 1.54) is 0 Å². The second-order valence-corrected chi connectivity index (χ2v) is 10.6. The fraction of sp³-hybridized carbons (Fsp3) is 0.171. The van der Waals surface area contributed by atoms with Gasteiger partial charge in [0.15, 0.2) is 5.78 Å². The van der Waals surface area contributed by atoms with Crippen LogP contribution in [0.15, 0.2) is 109 Å². The van der Waals surface area contributed by atoms with E-state index in [4.69, 9.17) is 14.2 Å². The molecule has 0 amide bonds. The number of methoxy groups -OCH3 is 2. The van der Waals surface area contributed by atoms with Gasteiger partial charge < -0.3 is 14.2 Å². The highest BCUT2D eigenvalue weighted by Crippen LogP contribution is 2.74. The van der Waals surface area contributed by atoms with Gasteiger partial charge in [-0.1, -0.05) is 84.9 Å². The zero-order chi connectivity index (χ0) is 28.4. The third kappa shape index (κ3) is 3.10. The van der Waals surface area contributed by atoms with E-state index in [9.17, 15) is 9.59 Å². The monoisotopic (exact) mass is 542 g/mol. The summed E-state index contributed by atoms with van der Waals surface area (Å²) in [5.41, 5.74) is 1.28. The van der Waals surface area contributed by atoms with E-state index in [1.807, 2.05) is 109 Å². The van der Waals surface area contributed by atoms with Gasteiger partial charge in [0.05, 0.1) is 36.9 Å². The Morgan fingerprint density at radius 3 is 1.24 bits per heavy atom. The number of hydrogen-bond acceptors (Lipinski definition) is 6. The summed E-state index contributed by atoms with van der Waals surface area (Å²) in [6.07, 6.45) is 0. The Morgan fingerprint density at radius 1 is 0.537 bits per heavy atom. The number of cyclic esters (lactones) is 2. The number of benzene rings is 4. The van der Waals surface area contributed by atoms with Crippen LogP contribution in [0.3, 0.4) is 0 Å². The first-order valence-electron chi connectivity index (χ1n) is 13.4. The van der Waals surface area contributed by atoms with E-state index < -0.39 is 34.6 Å². The Balaban J connectivity index is 1.69. The van der Waals surface area contributed by atoms with Crippen LogP contribution in [0, 0.1) is 11.8 Å². The number of rotatable bonds is 6. The highest BCUT2D eigenvalue weighted by atomic mass is 16.6. The van der Waals surface area contributed by atoms with E-state index in [0.29, 0.717) is 33.8 Å². The lowest BCUT2D eigenvalue weighted by molar-refractivity contribution is -0.156. The van der Waals surface area contributed by atoms with Crippen molar-refractivity contribution in [2.75, 3.05) is 14.2 Å². The summed E-state index contributed by atoms with van der Waals surface area (Å²) in [5.74, 6) is -2.26. The summed E-state index contributed by atoms with van der Waals surface area (Å²) in [5, 5.41) is 0. The van der Waals surface area contributed by atoms with Crippen LogP contribution in [0.4, 0.5) is 0 Å². The lowest BCUT2D eigenvalue weighted by atomic mass is 9.59. The lowest BCUT2D eigenvalue weighted by Gasteiger charge is -2.38. The minimum Gasteiger partial charge on any atom is -0.497 e. The maximum absolute atomic E-state index is 15.5. The molecule has 4 aromatic carbocycles. The summed E-state index contributed by atoms with van der Waals surface area (Å²) in [6.45, 7) is 0. The fourth-order valence-electron chi connectivity index (χ4n) is 7.45. The predicted molar refractivity (Wildman–Crippen MR) is 152 cm³/mol. The van der Waals surface area contributed by atoms with Crippen LogP contribution in [-0.4, -0.2) is 31.9 Å². The second-order valence-electron chi connectivity index (χ2n) is 10.6. The quantitative estimate of drug-likeness (QED) is 0.240. The molecule has 4 aromatic rings. The molecular weight excluding hydrogens is 516 g/mol. The van der Waals surface area contributed by atoms with Crippen LogP contribution in [0.5, 0.6) is 11.5 Å². The van der Waals surface area contributed by atoms with Crippen molar-refractivity contribution < 1.29 is 28.6 Å². The van der Waals surface area contributed by atoms with Crippen molar-refractivity contribution >= 4 is 28.9 Å². The molecule has 1 saturated carbocycles. The average Bonchev–Trinajstić information content (AvgIpc) is 3.56. The second kappa shape index (κ2) is 9.03. The first-order valence-corrected chi connectivity index (χ1v) is 13.4. The van der Waals surface area contributed by atoms with Crippen molar-refractivity contribution in [1.82, 2.24) is 0 Å². The van der Waals surface area contributed by atoms with Crippen molar-refractivity contribution in [3.8, 4) is 11.5 Å². The molecule has 3 aliphatic rings. The zero-order valence-electron chi connectivity index (χ0n) is 22.5. The lowest BCUT2D eigenvalue weighted by Crippen LogP contribution is -2.41. The molecule has 4 atom stereocenters. The molecule has 6 nitrogen and oxygen atoms in total. The van der Waals surface area contributed by atoms with Crippen LogP contribution in [0.1, 0.15) is 22.3 Å². The molecule has 1 heterocycles. The third-order valence-corrected chi connectivity index (χ3v) is 8.95. The van der Waals surface area contributed by atoms with Crippen LogP contribution in [0.25, 0.3) is 11.1 Å². The Bertz CT molecular complexity index is 1600. The number of esters is 2. The fourth-order valence-corrected chi connectivity index (χ4v) is 7.45. The van der Waals surface area contributed by atoms with Gasteiger partial charge in [0.1, 0.15) is 11.5 Å². The van der Waals surface area contributed by atoms with Gasteiger partial charge in [-0.2, -0.15) is 0 Å². The molecule has 2 fully saturated rings. The van der Waals surface area contributed by atoms with Crippen molar-refractivity contribution in [2.24, 2.45) is 11.8 Å². The average molecular weight is 543 g/mol. The van der Waals surface area contributed by atoms with Gasteiger partial charge in [-0.05, 0) is 57.7 Å². The molecule has 0 aromatic heterocycles. The van der Waals surface area contributed by atoms with Gasteiger partial charge in [0, 0.05) is 0 Å². The first kappa shape index (κ1) is 25.0. The number of ketones is 1. The molecular formula is C35H26O6. The van der Waals surface area contributed by atoms with E-state index in [1.54, 1.807) is 14.2 Å². The highest BCUT2D eigenvalue weighted by Gasteiger charge is 2.82. The van der Waals surface area contributed by atoms with E-state index in [-0.39, 0.29) is 5.78 Å². The van der Waals surface area contributed by atoms with Crippen molar-refractivity contribution in [3.63, 3.8) is 0 Å². The highest BCUT2D eigenvalue weighted by molar-refractivity contribution is 6.34. The van der Waals surface area contributed by atoms with Crippen LogP contribution >= 0.6 is 0 Å². The van der Waals surface area contributed by atoms with Gasteiger partial charge >= 0.3 is 11.9 Å². The molecule has 0 spiro atoms. The van der Waals surface area contributed by atoms with Gasteiger partial charge in [0.25, 0.3) is 0 Å². The molecule has 0 N–H and O–H groups in total. The number of hydrogen-bond donors (Lipinski definition) is 0. The Labute approximate surface area is 237 Å². The largest absolute Gasteiger partial charge is 0.497 e. The molecule has 1 aliphatic heterocycles. The zero-order valence-corrected chi connectivity index (χ0v) is 22.5. The first-order chi connectivity index (χ1) is 20.0. The van der Waals surface area contributed by atoms with Gasteiger partial charge in [-0.25, -0.2) is 0 Å². The van der Waals surface area contributed by atoms with Crippen molar-refractivity contribution in [1.29, 1.82) is 0 Å². The molecule has 7 rings (SSSR count). The number of carbonyl (C=O) groups is 3. The molecule has 6 heteroatoms. The molecule has 0 unspecified atom stereocenters. The minimum absolute atomic E-state index is 0.195. The Kier molecular flexibility index (Phi) is 5.51. The number of carbonyl (C=O) groups excluding carboxylic acids is 3. The normalized spacial score (nSPS) is 26.2. The predicted octanol–water partition coefficient (Wildman–Crippen LogP) is 5.40. The molecule has 1 saturated heterocycles. The molecule has 2 aliphatic carbocycles. The van der Waals surface area contributed by atoms with Gasteiger partial charge in [-0.15, -0.1) is 0 Å². The number of ether oxygens (including phenoxy) is 3. The number of fused-ring (bicyclic) bond motifs is 5. The van der Waals surface area contributed by atoms with E-state index in [2.05, 4.69) is 0 Å². The van der Waals surface area contributed by atoms with Crippen molar-refractivity contribution in [2.45, 2.75) is 10.8 Å². The minimum atomic E-state index is -1.46. The number of Topliss-reactive ketones (excluding diaryl/α,β-unsaturated/α-hetero) is 1. The molecule has 2 bridgehead atoms. The topological polar surface area (TPSA) is 78.9 Å². The maximum Gasteiger partial charge on any atom is 0.319 e.